The van der Waals surface area contributed by atoms with Crippen LogP contribution in [0.3, 0.4) is 0 Å². The fraction of sp³-hybridized carbons (Fsp3) is 0.467. The van der Waals surface area contributed by atoms with Crippen LogP contribution in [0.1, 0.15) is 20.8 Å². The number of benzene rings is 1. The fourth-order valence-corrected chi connectivity index (χ4v) is 3.31. The second-order valence-electron chi connectivity index (χ2n) is 4.72. The van der Waals surface area contributed by atoms with Gasteiger partial charge in [0.25, 0.3) is 0 Å². The SMILES string of the molecule is CCOC(=O)[C@@H](C)OP(=O)(CCNC(C)=O)Oc1ccccc1. The van der Waals surface area contributed by atoms with Crippen LogP contribution in [0.4, 0.5) is 0 Å². The number of hydrogen-bond donors (Lipinski definition) is 1. The van der Waals surface area contributed by atoms with E-state index in [0.717, 1.165) is 0 Å². The molecule has 0 bridgehead atoms. The van der Waals surface area contributed by atoms with E-state index < -0.39 is 19.7 Å². The molecule has 0 aliphatic heterocycles. The Labute approximate surface area is 135 Å². The van der Waals surface area contributed by atoms with Gasteiger partial charge in [-0.3, -0.25) is 9.32 Å². The average Bonchev–Trinajstić information content (AvgIpc) is 2.47. The molecule has 23 heavy (non-hydrogen) atoms. The Bertz CT molecular complexity index is 562. The molecule has 0 saturated carbocycles. The van der Waals surface area contributed by atoms with E-state index in [0.29, 0.717) is 5.75 Å². The smallest absolute Gasteiger partial charge is 0.381 e. The van der Waals surface area contributed by atoms with Crippen molar-refractivity contribution in [1.29, 1.82) is 0 Å². The standard InChI is InChI=1S/C15H22NO6P/c1-4-20-15(18)12(2)21-23(19,11-10-16-13(3)17)22-14-8-6-5-7-9-14/h5-9,12H,4,10-11H2,1-3H3,(H,16,17)/t12-,23?/m1/s1. The third kappa shape index (κ3) is 7.30. The van der Waals surface area contributed by atoms with E-state index >= 15 is 0 Å². The summed E-state index contributed by atoms with van der Waals surface area (Å²) in [5.74, 6) is -0.520. The quantitative estimate of drug-likeness (QED) is 0.547. The summed E-state index contributed by atoms with van der Waals surface area (Å²) in [7, 11) is -3.65. The molecular formula is C15H22NO6P. The molecule has 0 saturated heterocycles. The first-order valence-electron chi connectivity index (χ1n) is 7.29. The highest BCUT2D eigenvalue weighted by molar-refractivity contribution is 7.54. The molecule has 2 atom stereocenters. The summed E-state index contributed by atoms with van der Waals surface area (Å²) in [4.78, 5) is 22.6. The molecule has 1 N–H and O–H groups in total. The van der Waals surface area contributed by atoms with Crippen molar-refractivity contribution in [1.82, 2.24) is 5.32 Å². The molecule has 1 amide bonds. The van der Waals surface area contributed by atoms with Crippen LogP contribution in [0.5, 0.6) is 5.75 Å². The molecule has 1 unspecified atom stereocenters. The Kier molecular flexibility index (Phi) is 7.78. The molecule has 7 nitrogen and oxygen atoms in total. The van der Waals surface area contributed by atoms with Crippen molar-refractivity contribution >= 4 is 19.5 Å². The number of esters is 1. The second-order valence-corrected chi connectivity index (χ2v) is 6.78. The molecule has 0 fully saturated rings. The summed E-state index contributed by atoms with van der Waals surface area (Å²) in [6.45, 7) is 4.77. The zero-order valence-electron chi connectivity index (χ0n) is 13.5. The largest absolute Gasteiger partial charge is 0.464 e. The van der Waals surface area contributed by atoms with Crippen molar-refractivity contribution in [2.24, 2.45) is 0 Å². The molecular weight excluding hydrogens is 321 g/mol. The van der Waals surface area contributed by atoms with E-state index in [2.05, 4.69) is 5.32 Å². The minimum absolute atomic E-state index is 0.0643. The van der Waals surface area contributed by atoms with Gasteiger partial charge >= 0.3 is 13.6 Å². The van der Waals surface area contributed by atoms with E-state index in [1.807, 2.05) is 0 Å². The Morgan fingerprint density at radius 2 is 1.91 bits per heavy atom. The minimum Gasteiger partial charge on any atom is -0.464 e. The minimum atomic E-state index is -3.65. The lowest BCUT2D eigenvalue weighted by Gasteiger charge is -2.22. The summed E-state index contributed by atoms with van der Waals surface area (Å²) in [5.41, 5.74) is 0. The number of hydrogen-bond acceptors (Lipinski definition) is 6. The van der Waals surface area contributed by atoms with Gasteiger partial charge in [-0.2, -0.15) is 0 Å². The third-order valence-corrected chi connectivity index (χ3v) is 4.58. The van der Waals surface area contributed by atoms with Gasteiger partial charge in [0, 0.05) is 13.5 Å². The van der Waals surface area contributed by atoms with E-state index in [4.69, 9.17) is 13.8 Å². The van der Waals surface area contributed by atoms with Crippen LogP contribution >= 0.6 is 7.60 Å². The summed E-state index contributed by atoms with van der Waals surface area (Å²) in [5, 5.41) is 2.53. The van der Waals surface area contributed by atoms with Crippen LogP contribution in [0.2, 0.25) is 0 Å². The first-order valence-corrected chi connectivity index (χ1v) is 9.02. The molecule has 0 heterocycles. The van der Waals surface area contributed by atoms with Gasteiger partial charge in [0.1, 0.15) is 5.75 Å². The van der Waals surface area contributed by atoms with Gasteiger partial charge in [-0.15, -0.1) is 0 Å². The predicted molar refractivity (Wildman–Crippen MR) is 85.4 cm³/mol. The number of carbonyl (C=O) groups excluding carboxylic acids is 2. The van der Waals surface area contributed by atoms with Crippen molar-refractivity contribution in [3.63, 3.8) is 0 Å². The van der Waals surface area contributed by atoms with E-state index in [-0.39, 0.29) is 25.2 Å². The summed E-state index contributed by atoms with van der Waals surface area (Å²) in [6, 6.07) is 8.49. The van der Waals surface area contributed by atoms with Crippen LogP contribution in [0.25, 0.3) is 0 Å². The van der Waals surface area contributed by atoms with Crippen molar-refractivity contribution in [2.45, 2.75) is 26.9 Å². The molecule has 1 aromatic rings. The second kappa shape index (κ2) is 9.33. The third-order valence-electron chi connectivity index (χ3n) is 2.68. The lowest BCUT2D eigenvalue weighted by Crippen LogP contribution is -2.27. The molecule has 0 aromatic heterocycles. The van der Waals surface area contributed by atoms with Gasteiger partial charge in [0.15, 0.2) is 6.10 Å². The monoisotopic (exact) mass is 343 g/mol. The summed E-state index contributed by atoms with van der Waals surface area (Å²) < 4.78 is 28.5. The van der Waals surface area contributed by atoms with Crippen molar-refractivity contribution in [2.75, 3.05) is 19.3 Å². The van der Waals surface area contributed by atoms with Crippen LogP contribution in [0.15, 0.2) is 30.3 Å². The molecule has 1 aromatic carbocycles. The number of ether oxygens (including phenoxy) is 1. The molecule has 128 valence electrons. The maximum absolute atomic E-state index is 12.9. The van der Waals surface area contributed by atoms with Crippen LogP contribution in [0, 0.1) is 0 Å². The predicted octanol–water partition coefficient (Wildman–Crippen LogP) is 2.36. The topological polar surface area (TPSA) is 90.9 Å². The highest BCUT2D eigenvalue weighted by Gasteiger charge is 2.32. The lowest BCUT2D eigenvalue weighted by atomic mass is 10.3. The molecule has 0 aliphatic rings. The average molecular weight is 343 g/mol. The highest BCUT2D eigenvalue weighted by Crippen LogP contribution is 2.49. The lowest BCUT2D eigenvalue weighted by molar-refractivity contribution is -0.150. The molecule has 8 heteroatoms. The van der Waals surface area contributed by atoms with Crippen molar-refractivity contribution in [3.8, 4) is 5.75 Å². The first kappa shape index (κ1) is 19.2. The van der Waals surface area contributed by atoms with Gasteiger partial charge in [-0.1, -0.05) is 18.2 Å². The van der Waals surface area contributed by atoms with Crippen molar-refractivity contribution in [3.05, 3.63) is 30.3 Å². The Balaban J connectivity index is 2.80. The number of rotatable bonds is 9. The Hall–Kier alpha value is -1.85. The van der Waals surface area contributed by atoms with Gasteiger partial charge in [0.05, 0.1) is 12.8 Å². The summed E-state index contributed by atoms with van der Waals surface area (Å²) in [6.07, 6.45) is -1.10. The van der Waals surface area contributed by atoms with Gasteiger partial charge in [-0.05, 0) is 26.0 Å². The van der Waals surface area contributed by atoms with Gasteiger partial charge < -0.3 is 14.6 Å². The van der Waals surface area contributed by atoms with Crippen LogP contribution < -0.4 is 9.84 Å². The Morgan fingerprint density at radius 1 is 1.26 bits per heavy atom. The van der Waals surface area contributed by atoms with E-state index in [1.54, 1.807) is 37.3 Å². The van der Waals surface area contributed by atoms with Crippen LogP contribution in [-0.4, -0.2) is 37.3 Å². The number of nitrogens with one attached hydrogen (secondary N) is 1. The Morgan fingerprint density at radius 3 is 2.48 bits per heavy atom. The summed E-state index contributed by atoms with van der Waals surface area (Å²) >= 11 is 0. The molecule has 0 aliphatic carbocycles. The maximum Gasteiger partial charge on any atom is 0.381 e. The first-order chi connectivity index (χ1) is 10.9. The number of amides is 1. The molecule has 0 spiro atoms. The molecule has 1 rings (SSSR count). The van der Waals surface area contributed by atoms with Crippen LogP contribution in [-0.2, 0) is 23.4 Å². The fourth-order valence-electron chi connectivity index (χ4n) is 1.67. The van der Waals surface area contributed by atoms with E-state index in [1.165, 1.54) is 13.8 Å². The van der Waals surface area contributed by atoms with E-state index in [9.17, 15) is 14.2 Å². The zero-order chi connectivity index (χ0) is 17.3. The highest BCUT2D eigenvalue weighted by atomic mass is 31.2. The van der Waals surface area contributed by atoms with Gasteiger partial charge in [0.2, 0.25) is 5.91 Å². The van der Waals surface area contributed by atoms with Gasteiger partial charge in [-0.25, -0.2) is 9.36 Å². The number of para-hydroxylation sites is 1. The molecule has 0 radical (unpaired) electrons. The normalized spacial score (nSPS) is 14.4. The van der Waals surface area contributed by atoms with Crippen molar-refractivity contribution < 1.29 is 27.9 Å². The maximum atomic E-state index is 12.9. The number of carbonyl (C=O) groups is 2. The zero-order valence-corrected chi connectivity index (χ0v) is 14.4.